The van der Waals surface area contributed by atoms with Gasteiger partial charge in [-0.2, -0.15) is 0 Å². The van der Waals surface area contributed by atoms with Gasteiger partial charge in [0.2, 0.25) is 17.9 Å². The fourth-order valence-electron chi connectivity index (χ4n) is 5.01. The fraction of sp³-hybridized carbons (Fsp3) is 0.227. The molecule has 2 aromatic carbocycles. The molecule has 6 nitrogen and oxygen atoms in total. The molecule has 0 aliphatic carbocycles. The standard InChI is InChI=1S/C22H17FN2O4/c1-29-22(28)19-17-16(18-13-7-3-2-6-12(13)10-11-24(18)19)20(26)25(21(17)27)15-9-5-4-8-14(15)23/h2-11,16-19H,1H3/p+1/t16-,17+,18+,19+/m0/s1. The van der Waals surface area contributed by atoms with Gasteiger partial charge in [-0.05, 0) is 23.8 Å². The topological polar surface area (TPSA) is 68.1 Å². The number of methoxy groups -OCH3 is 1. The van der Waals surface area contributed by atoms with Crippen LogP contribution in [0.4, 0.5) is 10.1 Å². The molecule has 1 unspecified atom stereocenters. The first-order valence-electron chi connectivity index (χ1n) is 9.38. The lowest BCUT2D eigenvalue weighted by atomic mass is 9.84. The number of anilines is 1. The molecule has 2 fully saturated rings. The lowest BCUT2D eigenvalue weighted by Crippen LogP contribution is -3.12. The van der Waals surface area contributed by atoms with Crippen LogP contribution in [-0.4, -0.2) is 30.9 Å². The van der Waals surface area contributed by atoms with Crippen LogP contribution < -0.4 is 9.80 Å². The highest BCUT2D eigenvalue weighted by molar-refractivity contribution is 6.23. The average molecular weight is 393 g/mol. The van der Waals surface area contributed by atoms with E-state index in [1.807, 2.05) is 36.5 Å². The number of rotatable bonds is 2. The molecule has 5 atom stereocenters. The molecule has 0 spiro atoms. The van der Waals surface area contributed by atoms with Gasteiger partial charge in [0.1, 0.15) is 23.7 Å². The van der Waals surface area contributed by atoms with E-state index in [2.05, 4.69) is 0 Å². The van der Waals surface area contributed by atoms with Gasteiger partial charge in [-0.15, -0.1) is 0 Å². The van der Waals surface area contributed by atoms with Gasteiger partial charge in [-0.25, -0.2) is 14.1 Å². The summed E-state index contributed by atoms with van der Waals surface area (Å²) in [6.45, 7) is 0. The Bertz CT molecular complexity index is 1080. The molecule has 2 saturated heterocycles. The van der Waals surface area contributed by atoms with E-state index in [1.165, 1.54) is 25.3 Å². The highest BCUT2D eigenvalue weighted by Gasteiger charge is 2.68. The molecular weight excluding hydrogens is 375 g/mol. The van der Waals surface area contributed by atoms with Gasteiger partial charge in [0.05, 0.1) is 19.0 Å². The maximum atomic E-state index is 14.4. The van der Waals surface area contributed by atoms with Gasteiger partial charge >= 0.3 is 5.97 Å². The van der Waals surface area contributed by atoms with E-state index in [1.54, 1.807) is 6.07 Å². The minimum atomic E-state index is -0.912. The van der Waals surface area contributed by atoms with E-state index in [-0.39, 0.29) is 5.69 Å². The van der Waals surface area contributed by atoms with Crippen molar-refractivity contribution in [2.24, 2.45) is 11.8 Å². The van der Waals surface area contributed by atoms with Crippen LogP contribution in [0.25, 0.3) is 6.08 Å². The van der Waals surface area contributed by atoms with Crippen LogP contribution in [0.5, 0.6) is 0 Å². The summed E-state index contributed by atoms with van der Waals surface area (Å²) in [6.07, 6.45) is 3.71. The molecule has 2 amide bonds. The second-order valence-corrected chi connectivity index (χ2v) is 7.46. The Kier molecular flexibility index (Phi) is 3.89. The third-order valence-electron chi connectivity index (χ3n) is 6.17. The first kappa shape index (κ1) is 17.8. The summed E-state index contributed by atoms with van der Waals surface area (Å²) in [5.41, 5.74) is 1.75. The summed E-state index contributed by atoms with van der Waals surface area (Å²) in [5.74, 6) is -3.94. The average Bonchev–Trinajstić information content (AvgIpc) is 3.21. The van der Waals surface area contributed by atoms with Crippen LogP contribution in [0.1, 0.15) is 17.2 Å². The molecule has 3 aliphatic heterocycles. The smallest absolute Gasteiger partial charge is 0.365 e. The molecule has 3 heterocycles. The number of quaternary nitrogens is 1. The van der Waals surface area contributed by atoms with E-state index >= 15 is 0 Å². The zero-order valence-corrected chi connectivity index (χ0v) is 15.5. The van der Waals surface area contributed by atoms with Gasteiger partial charge in [0, 0.05) is 5.56 Å². The number of amides is 2. The van der Waals surface area contributed by atoms with Crippen LogP contribution in [0.3, 0.4) is 0 Å². The first-order chi connectivity index (χ1) is 14.0. The van der Waals surface area contributed by atoms with Gasteiger partial charge in [0.15, 0.2) is 0 Å². The quantitative estimate of drug-likeness (QED) is 0.613. The predicted octanol–water partition coefficient (Wildman–Crippen LogP) is 1.10. The van der Waals surface area contributed by atoms with Gasteiger partial charge in [0.25, 0.3) is 0 Å². The highest BCUT2D eigenvalue weighted by Crippen LogP contribution is 2.45. The minimum Gasteiger partial charge on any atom is -0.465 e. The van der Waals surface area contributed by atoms with Gasteiger partial charge in [-0.3, -0.25) is 14.5 Å². The number of ether oxygens (including phenoxy) is 1. The Labute approximate surface area is 166 Å². The number of fused-ring (bicyclic) bond motifs is 5. The van der Waals surface area contributed by atoms with Crippen molar-refractivity contribution in [3.05, 3.63) is 71.7 Å². The number of hydrogen-bond donors (Lipinski definition) is 1. The fourth-order valence-corrected chi connectivity index (χ4v) is 5.01. The maximum Gasteiger partial charge on any atom is 0.365 e. The minimum absolute atomic E-state index is 0.0818. The molecule has 0 bridgehead atoms. The van der Waals surface area contributed by atoms with E-state index in [9.17, 15) is 18.8 Å². The van der Waals surface area contributed by atoms with Crippen LogP contribution in [0.2, 0.25) is 0 Å². The Hall–Kier alpha value is -3.32. The number of halogens is 1. The monoisotopic (exact) mass is 393 g/mol. The van der Waals surface area contributed by atoms with Crippen molar-refractivity contribution in [1.29, 1.82) is 0 Å². The molecular formula is C22H18FN2O4+. The SMILES string of the molecule is COC(=O)[C@H]1[C@@H]2C(=O)N(c3ccccc3F)C(=O)[C@@H]2[C@H]2c3ccccc3C=C[NH+]21. The number of carbonyl (C=O) groups is 3. The molecule has 5 rings (SSSR count). The summed E-state index contributed by atoms with van der Waals surface area (Å²) in [6, 6.07) is 12.0. The number of para-hydroxylation sites is 1. The molecule has 1 N–H and O–H groups in total. The van der Waals surface area contributed by atoms with Crippen LogP contribution >= 0.6 is 0 Å². The first-order valence-corrected chi connectivity index (χ1v) is 9.38. The van der Waals surface area contributed by atoms with Crippen molar-refractivity contribution in [2.75, 3.05) is 12.0 Å². The van der Waals surface area contributed by atoms with E-state index in [0.717, 1.165) is 16.0 Å². The van der Waals surface area contributed by atoms with Crippen LogP contribution in [0.15, 0.2) is 54.7 Å². The van der Waals surface area contributed by atoms with Crippen molar-refractivity contribution < 1.29 is 28.4 Å². The largest absolute Gasteiger partial charge is 0.465 e. The molecule has 146 valence electrons. The molecule has 2 aromatic rings. The van der Waals surface area contributed by atoms with Crippen LogP contribution in [-0.2, 0) is 19.1 Å². The van der Waals surface area contributed by atoms with Crippen molar-refractivity contribution in [2.45, 2.75) is 12.1 Å². The molecule has 0 radical (unpaired) electrons. The number of benzene rings is 2. The molecule has 3 aliphatic rings. The molecule has 0 aromatic heterocycles. The molecule has 29 heavy (non-hydrogen) atoms. The Morgan fingerprint density at radius 3 is 2.48 bits per heavy atom. The second kappa shape index (κ2) is 6.35. The van der Waals surface area contributed by atoms with E-state index in [4.69, 9.17) is 4.74 Å². The van der Waals surface area contributed by atoms with Crippen molar-refractivity contribution in [1.82, 2.24) is 0 Å². The molecule has 0 saturated carbocycles. The van der Waals surface area contributed by atoms with Crippen molar-refractivity contribution in [3.63, 3.8) is 0 Å². The van der Waals surface area contributed by atoms with Gasteiger partial charge < -0.3 is 4.74 Å². The Morgan fingerprint density at radius 1 is 1.03 bits per heavy atom. The zero-order chi connectivity index (χ0) is 20.3. The summed E-state index contributed by atoms with van der Waals surface area (Å²) in [5, 5.41) is 0. The summed E-state index contributed by atoms with van der Waals surface area (Å²) in [7, 11) is 1.27. The third kappa shape index (κ3) is 2.34. The summed E-state index contributed by atoms with van der Waals surface area (Å²) < 4.78 is 19.4. The number of imide groups is 1. The van der Waals surface area contributed by atoms with Crippen molar-refractivity contribution in [3.8, 4) is 0 Å². The number of carbonyl (C=O) groups excluding carboxylic acids is 3. The number of nitrogens with one attached hydrogen (secondary N) is 1. The summed E-state index contributed by atoms with van der Waals surface area (Å²) >= 11 is 0. The van der Waals surface area contributed by atoms with Crippen LogP contribution in [0, 0.1) is 17.7 Å². The number of hydrogen-bond acceptors (Lipinski definition) is 4. The second-order valence-electron chi connectivity index (χ2n) is 7.46. The zero-order valence-electron chi connectivity index (χ0n) is 15.5. The Morgan fingerprint density at radius 2 is 1.72 bits per heavy atom. The predicted molar refractivity (Wildman–Crippen MR) is 101 cm³/mol. The van der Waals surface area contributed by atoms with E-state index < -0.39 is 47.5 Å². The lowest BCUT2D eigenvalue weighted by Gasteiger charge is -2.30. The van der Waals surface area contributed by atoms with Crippen molar-refractivity contribution >= 4 is 29.5 Å². The highest BCUT2D eigenvalue weighted by atomic mass is 19.1. The molecule has 7 heteroatoms. The Balaban J connectivity index is 1.67. The third-order valence-corrected chi connectivity index (χ3v) is 6.17. The lowest BCUT2D eigenvalue weighted by molar-refractivity contribution is -0.885. The number of nitrogens with zero attached hydrogens (tertiary/aromatic N) is 1. The maximum absolute atomic E-state index is 14.4. The summed E-state index contributed by atoms with van der Waals surface area (Å²) in [4.78, 5) is 41.0. The van der Waals surface area contributed by atoms with E-state index in [0.29, 0.717) is 4.90 Å². The number of esters is 1. The normalized spacial score (nSPS) is 29.4. The van der Waals surface area contributed by atoms with Gasteiger partial charge in [-0.1, -0.05) is 36.4 Å².